The van der Waals surface area contributed by atoms with Crippen molar-refractivity contribution < 1.29 is 18.9 Å². The number of hydrogen-bond donors (Lipinski definition) is 0. The Morgan fingerprint density at radius 2 is 1.97 bits per heavy atom. The molecule has 0 saturated heterocycles. The molecule has 11 heteroatoms. The molecule has 0 N–H and O–H groups in total. The number of carbonyl (C=O) groups is 1. The maximum absolute atomic E-state index is 13.4. The van der Waals surface area contributed by atoms with Crippen LogP contribution in [0.5, 0.6) is 5.75 Å². The van der Waals surface area contributed by atoms with Crippen molar-refractivity contribution in [2.75, 3.05) is 0 Å². The molecule has 0 atom stereocenters. The van der Waals surface area contributed by atoms with E-state index in [1.807, 2.05) is 12.1 Å². The molecule has 0 aliphatic heterocycles. The topological polar surface area (TPSA) is 130 Å². The average Bonchev–Trinajstić information content (AvgIpc) is 3.26. The second kappa shape index (κ2) is 9.19. The van der Waals surface area contributed by atoms with Crippen LogP contribution in [-0.4, -0.2) is 26.8 Å². The number of esters is 1. The van der Waals surface area contributed by atoms with E-state index >= 15 is 0 Å². The van der Waals surface area contributed by atoms with Gasteiger partial charge in [0.1, 0.15) is 11.3 Å². The van der Waals surface area contributed by atoms with Crippen molar-refractivity contribution in [1.82, 2.24) is 9.66 Å². The molecule has 2 heterocycles. The van der Waals surface area contributed by atoms with Gasteiger partial charge in [-0.3, -0.25) is 19.7 Å². The summed E-state index contributed by atoms with van der Waals surface area (Å²) in [5, 5.41) is 16.7. The van der Waals surface area contributed by atoms with Gasteiger partial charge in [0.25, 0.3) is 11.2 Å². The smallest absolute Gasteiger partial charge is 0.308 e. The summed E-state index contributed by atoms with van der Waals surface area (Å²) in [4.78, 5) is 40.2. The van der Waals surface area contributed by atoms with Crippen LogP contribution in [0.1, 0.15) is 12.5 Å². The Bertz CT molecular complexity index is 1770. The minimum absolute atomic E-state index is 0.0498. The van der Waals surface area contributed by atoms with E-state index in [4.69, 9.17) is 9.15 Å². The molecule has 3 aromatic carbocycles. The van der Waals surface area contributed by atoms with Crippen LogP contribution < -0.4 is 10.3 Å². The molecule has 2 aromatic heterocycles. The number of carbonyl (C=O) groups excluding carboxylic acids is 1. The predicted octanol–water partition coefficient (Wildman–Crippen LogP) is 5.29. The monoisotopic (exact) mass is 546 g/mol. The van der Waals surface area contributed by atoms with Crippen molar-refractivity contribution in [3.63, 3.8) is 0 Å². The predicted molar refractivity (Wildman–Crippen MR) is 136 cm³/mol. The highest BCUT2D eigenvalue weighted by Crippen LogP contribution is 2.29. The fourth-order valence-corrected chi connectivity index (χ4v) is 4.01. The van der Waals surface area contributed by atoms with Crippen LogP contribution in [0.15, 0.2) is 85.5 Å². The van der Waals surface area contributed by atoms with Gasteiger partial charge < -0.3 is 9.15 Å². The Labute approximate surface area is 210 Å². The summed E-state index contributed by atoms with van der Waals surface area (Å²) in [6, 6.07) is 17.7. The fourth-order valence-electron chi connectivity index (χ4n) is 3.63. The molecule has 0 fully saturated rings. The van der Waals surface area contributed by atoms with Crippen molar-refractivity contribution in [3.8, 4) is 17.3 Å². The lowest BCUT2D eigenvalue weighted by Gasteiger charge is -2.08. The number of halogens is 1. The first-order valence-corrected chi connectivity index (χ1v) is 11.3. The van der Waals surface area contributed by atoms with Gasteiger partial charge in [-0.2, -0.15) is 9.78 Å². The van der Waals surface area contributed by atoms with Gasteiger partial charge in [0, 0.05) is 34.5 Å². The second-order valence-electron chi connectivity index (χ2n) is 7.68. The molecule has 178 valence electrons. The molecule has 0 unspecified atom stereocenters. The number of para-hydroxylation sites is 1. The summed E-state index contributed by atoms with van der Waals surface area (Å²) >= 11 is 3.43. The largest absolute Gasteiger partial charge is 0.453 e. The maximum atomic E-state index is 13.4. The SMILES string of the molecule is CC(=O)Oc1ccc([N+](=O)[O-])cc1C=Nn1c(-c2cc3cc(Br)ccc3o2)nc2ccccc2c1=O. The Hall–Kier alpha value is -4.64. The highest BCUT2D eigenvalue weighted by molar-refractivity contribution is 9.10. The third kappa shape index (κ3) is 4.39. The first-order chi connectivity index (χ1) is 17.3. The second-order valence-corrected chi connectivity index (χ2v) is 8.60. The van der Waals surface area contributed by atoms with Crippen LogP contribution in [-0.2, 0) is 4.79 Å². The summed E-state index contributed by atoms with van der Waals surface area (Å²) in [6.07, 6.45) is 1.20. The number of nitro benzene ring substituents is 1. The lowest BCUT2D eigenvalue weighted by atomic mass is 10.2. The number of nitrogens with zero attached hydrogens (tertiary/aromatic N) is 4. The average molecular weight is 547 g/mol. The number of fused-ring (bicyclic) bond motifs is 2. The summed E-state index contributed by atoms with van der Waals surface area (Å²) < 4.78 is 13.0. The number of benzene rings is 3. The molecule has 0 saturated carbocycles. The van der Waals surface area contributed by atoms with Gasteiger partial charge in [0.15, 0.2) is 5.76 Å². The molecule has 5 aromatic rings. The van der Waals surface area contributed by atoms with Gasteiger partial charge in [-0.1, -0.05) is 28.1 Å². The van der Waals surface area contributed by atoms with E-state index in [9.17, 15) is 19.7 Å². The number of rotatable bonds is 5. The van der Waals surface area contributed by atoms with E-state index in [0.717, 1.165) is 14.5 Å². The minimum atomic E-state index is -0.614. The third-order valence-electron chi connectivity index (χ3n) is 5.22. The Morgan fingerprint density at radius 1 is 1.17 bits per heavy atom. The first-order valence-electron chi connectivity index (χ1n) is 10.5. The third-order valence-corrected chi connectivity index (χ3v) is 5.72. The number of non-ortho nitro benzene ring substituents is 1. The van der Waals surface area contributed by atoms with E-state index < -0.39 is 16.5 Å². The van der Waals surface area contributed by atoms with E-state index in [0.29, 0.717) is 22.2 Å². The first kappa shape index (κ1) is 23.1. The molecular weight excluding hydrogens is 532 g/mol. The molecule has 0 bridgehead atoms. The van der Waals surface area contributed by atoms with Crippen LogP contribution >= 0.6 is 15.9 Å². The van der Waals surface area contributed by atoms with E-state index in [-0.39, 0.29) is 22.8 Å². The van der Waals surface area contributed by atoms with Gasteiger partial charge in [-0.05, 0) is 42.5 Å². The molecule has 0 aliphatic carbocycles. The quantitative estimate of drug-likeness (QED) is 0.0961. The summed E-state index contributed by atoms with van der Waals surface area (Å²) in [6.45, 7) is 1.21. The molecule has 0 radical (unpaired) electrons. The number of hydrogen-bond acceptors (Lipinski definition) is 8. The van der Waals surface area contributed by atoms with Crippen LogP contribution in [0.25, 0.3) is 33.5 Å². The molecule has 10 nitrogen and oxygen atoms in total. The Morgan fingerprint density at radius 3 is 2.75 bits per heavy atom. The summed E-state index contributed by atoms with van der Waals surface area (Å²) in [5.41, 5.74) is 0.440. The number of ether oxygens (including phenoxy) is 1. The summed E-state index contributed by atoms with van der Waals surface area (Å²) in [7, 11) is 0. The maximum Gasteiger partial charge on any atom is 0.308 e. The number of aromatic nitrogens is 2. The van der Waals surface area contributed by atoms with Crippen LogP contribution in [0.3, 0.4) is 0 Å². The van der Waals surface area contributed by atoms with Crippen molar-refractivity contribution in [1.29, 1.82) is 0 Å². The molecular formula is C25H15BrN4O6. The highest BCUT2D eigenvalue weighted by atomic mass is 79.9. The fraction of sp³-hybridized carbons (Fsp3) is 0.0400. The lowest BCUT2D eigenvalue weighted by molar-refractivity contribution is -0.384. The van der Waals surface area contributed by atoms with Gasteiger partial charge >= 0.3 is 5.97 Å². The van der Waals surface area contributed by atoms with Crippen LogP contribution in [0.2, 0.25) is 0 Å². The zero-order valence-electron chi connectivity index (χ0n) is 18.5. The van der Waals surface area contributed by atoms with Crippen molar-refractivity contribution in [2.24, 2.45) is 5.10 Å². The van der Waals surface area contributed by atoms with Crippen LogP contribution in [0.4, 0.5) is 5.69 Å². The van der Waals surface area contributed by atoms with E-state index in [1.54, 1.807) is 36.4 Å². The van der Waals surface area contributed by atoms with Gasteiger partial charge in [0.2, 0.25) is 5.82 Å². The molecule has 0 spiro atoms. The van der Waals surface area contributed by atoms with E-state index in [1.165, 1.54) is 31.3 Å². The molecule has 36 heavy (non-hydrogen) atoms. The highest BCUT2D eigenvalue weighted by Gasteiger charge is 2.17. The van der Waals surface area contributed by atoms with Gasteiger partial charge in [-0.15, -0.1) is 0 Å². The van der Waals surface area contributed by atoms with Gasteiger partial charge in [0.05, 0.1) is 22.0 Å². The van der Waals surface area contributed by atoms with Crippen molar-refractivity contribution >= 4 is 55.7 Å². The van der Waals surface area contributed by atoms with Crippen molar-refractivity contribution in [3.05, 3.63) is 97.2 Å². The summed E-state index contributed by atoms with van der Waals surface area (Å²) in [5.74, 6) is -0.143. The molecule has 5 rings (SSSR count). The normalized spacial score (nSPS) is 11.4. The number of nitro groups is 1. The Kier molecular flexibility index (Phi) is 5.90. The lowest BCUT2D eigenvalue weighted by Crippen LogP contribution is -2.20. The van der Waals surface area contributed by atoms with Crippen molar-refractivity contribution in [2.45, 2.75) is 6.92 Å². The van der Waals surface area contributed by atoms with E-state index in [2.05, 4.69) is 26.0 Å². The zero-order chi connectivity index (χ0) is 25.4. The molecule has 0 aliphatic rings. The Balaban J connectivity index is 1.72. The number of furan rings is 1. The van der Waals surface area contributed by atoms with Gasteiger partial charge in [-0.25, -0.2) is 4.98 Å². The molecule has 0 amide bonds. The minimum Gasteiger partial charge on any atom is -0.453 e. The standard InChI is InChI=1S/C25H15BrN4O6/c1-14(31)35-22-9-7-18(30(33)34)11-16(22)13-27-29-24(28-20-5-3-2-4-19(20)25(29)32)23-12-15-10-17(26)6-8-21(15)36-23/h2-13H,1H3. The zero-order valence-corrected chi connectivity index (χ0v) is 20.1. The van der Waals surface area contributed by atoms with Crippen LogP contribution in [0, 0.1) is 10.1 Å².